The number of nitrogens with one attached hydrogen (secondary N) is 2. The molecule has 2 amide bonds. The Bertz CT molecular complexity index is 574. The molecule has 0 spiro atoms. The molecule has 92 valence electrons. The fraction of sp³-hybridized carbons (Fsp3) is 0.167. The van der Waals surface area contributed by atoms with E-state index in [0.717, 1.165) is 4.47 Å². The highest BCUT2D eigenvalue weighted by Gasteiger charge is 2.23. The normalized spacial score (nSPS) is 18.4. The number of phenols is 1. The van der Waals surface area contributed by atoms with Crippen LogP contribution in [0.15, 0.2) is 22.7 Å². The Hall–Kier alpha value is -2.00. The van der Waals surface area contributed by atoms with E-state index < -0.39 is 6.04 Å². The van der Waals surface area contributed by atoms with Gasteiger partial charge in [0.1, 0.15) is 5.75 Å². The van der Waals surface area contributed by atoms with Crippen molar-refractivity contribution in [1.29, 1.82) is 0 Å². The van der Waals surface area contributed by atoms with Crippen molar-refractivity contribution >= 4 is 27.7 Å². The van der Waals surface area contributed by atoms with Gasteiger partial charge in [0, 0.05) is 4.47 Å². The van der Waals surface area contributed by atoms with Crippen molar-refractivity contribution in [2.45, 2.75) is 6.04 Å². The number of carbonyl (C=O) groups excluding carboxylic acids is 2. The largest absolute Gasteiger partial charge is 0.507 e. The van der Waals surface area contributed by atoms with Crippen LogP contribution in [-0.2, 0) is 9.59 Å². The van der Waals surface area contributed by atoms with Crippen LogP contribution in [0.4, 0.5) is 0 Å². The fourth-order valence-electron chi connectivity index (χ4n) is 1.41. The summed E-state index contributed by atoms with van der Waals surface area (Å²) in [4.78, 5) is 22.5. The molecule has 1 heterocycles. The number of carbonyl (C=O) groups is 2. The average Bonchev–Trinajstić information content (AvgIpc) is 2.34. The van der Waals surface area contributed by atoms with Gasteiger partial charge in [0.25, 0.3) is 5.91 Å². The maximum absolute atomic E-state index is 11.4. The number of hydrogen-bond donors (Lipinski definition) is 3. The second-order valence-corrected chi connectivity index (χ2v) is 4.56. The van der Waals surface area contributed by atoms with E-state index in [2.05, 4.69) is 38.4 Å². The fourth-order valence-corrected chi connectivity index (χ4v) is 1.77. The molecule has 1 fully saturated rings. The zero-order valence-corrected chi connectivity index (χ0v) is 10.7. The Kier molecular flexibility index (Phi) is 3.53. The minimum atomic E-state index is -0.885. The number of piperazine rings is 1. The molecule has 0 aliphatic carbocycles. The SMILES string of the molecule is O=C1CNC(=O)C(C#Cc2cc(Br)ccc2O)N1. The highest BCUT2D eigenvalue weighted by Crippen LogP contribution is 2.20. The first-order valence-corrected chi connectivity index (χ1v) is 5.93. The van der Waals surface area contributed by atoms with Crippen molar-refractivity contribution in [2.24, 2.45) is 0 Å². The second kappa shape index (κ2) is 5.10. The number of aromatic hydroxyl groups is 1. The van der Waals surface area contributed by atoms with Gasteiger partial charge < -0.3 is 15.7 Å². The van der Waals surface area contributed by atoms with Crippen LogP contribution in [0.2, 0.25) is 0 Å². The van der Waals surface area contributed by atoms with Gasteiger partial charge in [0.15, 0.2) is 6.04 Å². The molecule has 0 bridgehead atoms. The van der Waals surface area contributed by atoms with Crippen LogP contribution in [0.5, 0.6) is 5.75 Å². The molecule has 1 unspecified atom stereocenters. The number of phenolic OH excluding ortho intramolecular Hbond substituents is 1. The Morgan fingerprint density at radius 3 is 2.94 bits per heavy atom. The van der Waals surface area contributed by atoms with Crippen molar-refractivity contribution in [3.05, 3.63) is 28.2 Å². The third kappa shape index (κ3) is 2.81. The lowest BCUT2D eigenvalue weighted by Crippen LogP contribution is -2.55. The van der Waals surface area contributed by atoms with Crippen molar-refractivity contribution in [2.75, 3.05) is 6.54 Å². The average molecular weight is 309 g/mol. The van der Waals surface area contributed by atoms with Gasteiger partial charge in [-0.2, -0.15) is 0 Å². The minimum absolute atomic E-state index is 0.0215. The molecule has 6 heteroatoms. The topological polar surface area (TPSA) is 78.4 Å². The van der Waals surface area contributed by atoms with E-state index in [0.29, 0.717) is 5.56 Å². The van der Waals surface area contributed by atoms with Gasteiger partial charge in [-0.25, -0.2) is 0 Å². The maximum atomic E-state index is 11.4. The van der Waals surface area contributed by atoms with Gasteiger partial charge in [-0.05, 0) is 18.2 Å². The third-order valence-electron chi connectivity index (χ3n) is 2.30. The predicted octanol–water partition coefficient (Wildman–Crippen LogP) is 0.121. The van der Waals surface area contributed by atoms with Crippen LogP contribution in [0.25, 0.3) is 0 Å². The van der Waals surface area contributed by atoms with E-state index >= 15 is 0 Å². The molecular weight excluding hydrogens is 300 g/mol. The van der Waals surface area contributed by atoms with Crippen LogP contribution >= 0.6 is 15.9 Å². The molecule has 5 nitrogen and oxygen atoms in total. The zero-order valence-electron chi connectivity index (χ0n) is 9.16. The van der Waals surface area contributed by atoms with E-state index in [1.54, 1.807) is 12.1 Å². The van der Waals surface area contributed by atoms with Crippen LogP contribution < -0.4 is 10.6 Å². The zero-order chi connectivity index (χ0) is 13.1. The van der Waals surface area contributed by atoms with Gasteiger partial charge >= 0.3 is 0 Å². The maximum Gasteiger partial charge on any atom is 0.255 e. The molecule has 1 atom stereocenters. The Morgan fingerprint density at radius 1 is 1.39 bits per heavy atom. The summed E-state index contributed by atoms with van der Waals surface area (Å²) in [7, 11) is 0. The predicted molar refractivity (Wildman–Crippen MR) is 67.6 cm³/mol. The van der Waals surface area contributed by atoms with Gasteiger partial charge in [0.2, 0.25) is 5.91 Å². The summed E-state index contributed by atoms with van der Waals surface area (Å²) in [6, 6.07) is 3.92. The number of halogens is 1. The smallest absolute Gasteiger partial charge is 0.255 e. The van der Waals surface area contributed by atoms with Crippen molar-refractivity contribution in [3.63, 3.8) is 0 Å². The van der Waals surface area contributed by atoms with Gasteiger partial charge in [-0.15, -0.1) is 0 Å². The van der Waals surface area contributed by atoms with Crippen molar-refractivity contribution in [3.8, 4) is 17.6 Å². The summed E-state index contributed by atoms with van der Waals surface area (Å²) in [6.45, 7) is -0.0286. The van der Waals surface area contributed by atoms with E-state index in [1.807, 2.05) is 0 Å². The molecule has 18 heavy (non-hydrogen) atoms. The number of benzene rings is 1. The Morgan fingerprint density at radius 2 is 2.17 bits per heavy atom. The van der Waals surface area contributed by atoms with Gasteiger partial charge in [-0.3, -0.25) is 9.59 Å². The van der Waals surface area contributed by atoms with Gasteiger partial charge in [-0.1, -0.05) is 27.8 Å². The second-order valence-electron chi connectivity index (χ2n) is 3.65. The lowest BCUT2D eigenvalue weighted by Gasteiger charge is -2.18. The summed E-state index contributed by atoms with van der Waals surface area (Å²) >= 11 is 3.26. The summed E-state index contributed by atoms with van der Waals surface area (Å²) in [5, 5.41) is 14.4. The summed E-state index contributed by atoms with van der Waals surface area (Å²) in [5.74, 6) is 4.67. The standard InChI is InChI=1S/C12H9BrN2O3/c13-8-2-4-10(16)7(5-8)1-3-9-12(18)14-6-11(17)15-9/h2,4-5,9,16H,6H2,(H,14,18)(H,15,17). The van der Waals surface area contributed by atoms with Crippen LogP contribution in [-0.4, -0.2) is 29.5 Å². The molecule has 1 aromatic carbocycles. The molecule has 1 aliphatic rings. The Labute approximate surface area is 112 Å². The molecule has 3 N–H and O–H groups in total. The first-order valence-electron chi connectivity index (χ1n) is 5.13. The monoisotopic (exact) mass is 308 g/mol. The first-order chi connectivity index (χ1) is 8.56. The number of hydrogen-bond acceptors (Lipinski definition) is 3. The van der Waals surface area contributed by atoms with E-state index in [1.165, 1.54) is 6.07 Å². The van der Waals surface area contributed by atoms with Crippen molar-refractivity contribution in [1.82, 2.24) is 10.6 Å². The number of amides is 2. The quantitative estimate of drug-likeness (QED) is 0.596. The van der Waals surface area contributed by atoms with E-state index in [-0.39, 0.29) is 24.1 Å². The summed E-state index contributed by atoms with van der Waals surface area (Å²) < 4.78 is 0.765. The molecule has 0 saturated carbocycles. The lowest BCUT2D eigenvalue weighted by molar-refractivity contribution is -0.132. The molecule has 1 aliphatic heterocycles. The summed E-state index contributed by atoms with van der Waals surface area (Å²) in [6.07, 6.45) is 0. The molecule has 2 rings (SSSR count). The summed E-state index contributed by atoms with van der Waals surface area (Å²) in [5.41, 5.74) is 0.386. The molecule has 0 radical (unpaired) electrons. The van der Waals surface area contributed by atoms with E-state index in [9.17, 15) is 14.7 Å². The molecule has 0 aromatic heterocycles. The molecule has 1 aromatic rings. The number of rotatable bonds is 0. The highest BCUT2D eigenvalue weighted by atomic mass is 79.9. The van der Waals surface area contributed by atoms with Crippen LogP contribution in [0, 0.1) is 11.8 Å². The third-order valence-corrected chi connectivity index (χ3v) is 2.79. The molecule has 1 saturated heterocycles. The minimum Gasteiger partial charge on any atom is -0.507 e. The van der Waals surface area contributed by atoms with Crippen LogP contribution in [0.3, 0.4) is 0 Å². The van der Waals surface area contributed by atoms with Gasteiger partial charge in [0.05, 0.1) is 12.1 Å². The lowest BCUT2D eigenvalue weighted by atomic mass is 10.1. The highest BCUT2D eigenvalue weighted by molar-refractivity contribution is 9.10. The van der Waals surface area contributed by atoms with E-state index in [4.69, 9.17) is 0 Å². The Balaban J connectivity index is 2.23. The molecular formula is C12H9BrN2O3. The first kappa shape index (κ1) is 12.5. The van der Waals surface area contributed by atoms with Crippen molar-refractivity contribution < 1.29 is 14.7 Å². The van der Waals surface area contributed by atoms with Crippen LogP contribution in [0.1, 0.15) is 5.56 Å².